The maximum atomic E-state index is 13.0. The average Bonchev–Trinajstić information content (AvgIpc) is 2.86. The van der Waals surface area contributed by atoms with Crippen molar-refractivity contribution in [1.82, 2.24) is 10.2 Å². The van der Waals surface area contributed by atoms with Crippen LogP contribution in [0.5, 0.6) is 0 Å². The Hall–Kier alpha value is -3.39. The maximum absolute atomic E-state index is 13.0. The van der Waals surface area contributed by atoms with Crippen LogP contribution in [0.15, 0.2) is 23.3 Å². The second-order valence-corrected chi connectivity index (χ2v) is 6.83. The lowest BCUT2D eigenvalue weighted by atomic mass is 9.97. The maximum Gasteiger partial charge on any atom is 0.264 e. The molecule has 2 fully saturated rings. The van der Waals surface area contributed by atoms with Gasteiger partial charge in [-0.3, -0.25) is 29.4 Å². The first-order chi connectivity index (χ1) is 13.0. The Morgan fingerprint density at radius 2 is 1.96 bits per heavy atom. The van der Waals surface area contributed by atoms with Gasteiger partial charge in [0.1, 0.15) is 6.04 Å². The molecule has 1 aromatic rings. The molecule has 138 valence electrons. The van der Waals surface area contributed by atoms with Crippen LogP contribution < -0.4 is 10.2 Å². The summed E-state index contributed by atoms with van der Waals surface area (Å²) in [6, 6.07) is 4.06. The van der Waals surface area contributed by atoms with Crippen molar-refractivity contribution in [3.8, 4) is 0 Å². The van der Waals surface area contributed by atoms with Gasteiger partial charge in [0.2, 0.25) is 11.8 Å². The van der Waals surface area contributed by atoms with E-state index in [0.717, 1.165) is 4.90 Å². The molecule has 0 radical (unpaired) electrons. The van der Waals surface area contributed by atoms with E-state index in [1.807, 2.05) is 4.90 Å². The standard InChI is InChI=1S/C17H16N6O4/c18-21-19-6-9-7-22(8-9)11-3-1-2-10-14(11)17(27)23(16(10)26)12-4-5-13(24)20-15(12)25/h1-3,9,12H,4-8H2,(H,20,24,25). The number of hydrogen-bond donors (Lipinski definition) is 1. The van der Waals surface area contributed by atoms with E-state index in [0.29, 0.717) is 25.3 Å². The first-order valence-electron chi connectivity index (χ1n) is 8.61. The zero-order valence-corrected chi connectivity index (χ0v) is 14.3. The molecule has 3 aliphatic heterocycles. The Kier molecular flexibility index (Phi) is 4.04. The summed E-state index contributed by atoms with van der Waals surface area (Å²) in [5.74, 6) is -1.85. The number of benzene rings is 1. The molecule has 1 aromatic carbocycles. The van der Waals surface area contributed by atoms with E-state index >= 15 is 0 Å². The number of rotatable bonds is 4. The molecular formula is C17H16N6O4. The molecular weight excluding hydrogens is 352 g/mol. The van der Waals surface area contributed by atoms with Crippen LogP contribution in [-0.2, 0) is 9.59 Å². The van der Waals surface area contributed by atoms with E-state index in [1.54, 1.807) is 18.2 Å². The molecule has 4 amide bonds. The fraction of sp³-hybridized carbons (Fsp3) is 0.412. The van der Waals surface area contributed by atoms with Crippen LogP contribution in [0.25, 0.3) is 10.4 Å². The fourth-order valence-corrected chi connectivity index (χ4v) is 3.79. The third-order valence-electron chi connectivity index (χ3n) is 5.15. The molecule has 1 unspecified atom stereocenters. The Morgan fingerprint density at radius 3 is 2.67 bits per heavy atom. The summed E-state index contributed by atoms with van der Waals surface area (Å²) >= 11 is 0. The smallest absolute Gasteiger partial charge is 0.264 e. The summed E-state index contributed by atoms with van der Waals surface area (Å²) in [4.78, 5) is 54.9. The lowest BCUT2D eigenvalue weighted by Gasteiger charge is -2.41. The Bertz CT molecular complexity index is 916. The van der Waals surface area contributed by atoms with Gasteiger partial charge in [-0.2, -0.15) is 0 Å². The SMILES string of the molecule is [N-]=[N+]=NCC1CN(c2cccc3c2C(=O)N(C2CCC(=O)NC2=O)C3=O)C1. The van der Waals surface area contributed by atoms with Gasteiger partial charge in [-0.25, -0.2) is 0 Å². The van der Waals surface area contributed by atoms with Crippen molar-refractivity contribution in [3.05, 3.63) is 39.8 Å². The van der Waals surface area contributed by atoms with Gasteiger partial charge in [0.05, 0.1) is 16.8 Å². The van der Waals surface area contributed by atoms with Crippen LogP contribution in [0.2, 0.25) is 0 Å². The molecule has 27 heavy (non-hydrogen) atoms. The van der Waals surface area contributed by atoms with Crippen LogP contribution in [-0.4, -0.2) is 54.2 Å². The predicted molar refractivity (Wildman–Crippen MR) is 92.8 cm³/mol. The third kappa shape index (κ3) is 2.70. The number of imide groups is 2. The molecule has 0 saturated carbocycles. The van der Waals surface area contributed by atoms with Crippen molar-refractivity contribution in [3.63, 3.8) is 0 Å². The zero-order valence-electron chi connectivity index (χ0n) is 14.3. The molecule has 10 nitrogen and oxygen atoms in total. The van der Waals surface area contributed by atoms with Gasteiger partial charge in [0.15, 0.2) is 0 Å². The van der Waals surface area contributed by atoms with E-state index in [9.17, 15) is 19.2 Å². The van der Waals surface area contributed by atoms with Crippen molar-refractivity contribution in [1.29, 1.82) is 0 Å². The molecule has 3 aliphatic rings. The highest BCUT2D eigenvalue weighted by Gasteiger charge is 2.46. The quantitative estimate of drug-likeness (QED) is 0.363. The molecule has 2 saturated heterocycles. The minimum Gasteiger partial charge on any atom is -0.370 e. The zero-order chi connectivity index (χ0) is 19.1. The van der Waals surface area contributed by atoms with Crippen molar-refractivity contribution in [2.24, 2.45) is 11.0 Å². The van der Waals surface area contributed by atoms with Crippen LogP contribution in [0.4, 0.5) is 5.69 Å². The number of nitrogens with one attached hydrogen (secondary N) is 1. The molecule has 0 aliphatic carbocycles. The minimum atomic E-state index is -0.975. The largest absolute Gasteiger partial charge is 0.370 e. The highest BCUT2D eigenvalue weighted by atomic mass is 16.2. The van der Waals surface area contributed by atoms with Gasteiger partial charge in [-0.15, -0.1) is 0 Å². The number of anilines is 1. The van der Waals surface area contributed by atoms with Crippen LogP contribution in [0.3, 0.4) is 0 Å². The summed E-state index contributed by atoms with van der Waals surface area (Å²) in [6.07, 6.45) is 0.216. The average molecular weight is 368 g/mol. The molecule has 0 spiro atoms. The van der Waals surface area contributed by atoms with Crippen LogP contribution in [0.1, 0.15) is 33.6 Å². The molecule has 10 heteroatoms. The van der Waals surface area contributed by atoms with Gasteiger partial charge >= 0.3 is 0 Å². The van der Waals surface area contributed by atoms with Crippen LogP contribution >= 0.6 is 0 Å². The summed E-state index contributed by atoms with van der Waals surface area (Å²) in [5.41, 5.74) is 9.59. The van der Waals surface area contributed by atoms with Crippen molar-refractivity contribution < 1.29 is 19.2 Å². The number of azide groups is 1. The molecule has 0 aromatic heterocycles. The topological polar surface area (TPSA) is 136 Å². The Morgan fingerprint density at radius 1 is 1.19 bits per heavy atom. The fourth-order valence-electron chi connectivity index (χ4n) is 3.79. The molecule has 3 heterocycles. The van der Waals surface area contributed by atoms with E-state index < -0.39 is 29.7 Å². The van der Waals surface area contributed by atoms with E-state index in [-0.39, 0.29) is 29.9 Å². The molecule has 0 bridgehead atoms. The van der Waals surface area contributed by atoms with Crippen molar-refractivity contribution in [2.45, 2.75) is 18.9 Å². The number of nitrogens with zero attached hydrogens (tertiary/aromatic N) is 5. The van der Waals surface area contributed by atoms with Gasteiger partial charge in [0, 0.05) is 31.0 Å². The van der Waals surface area contributed by atoms with Gasteiger partial charge < -0.3 is 4.90 Å². The number of carbonyl (C=O) groups is 4. The summed E-state index contributed by atoms with van der Waals surface area (Å²) in [5, 5.41) is 5.75. The summed E-state index contributed by atoms with van der Waals surface area (Å²) in [7, 11) is 0. The Balaban J connectivity index is 1.60. The van der Waals surface area contributed by atoms with Gasteiger partial charge in [-0.1, -0.05) is 11.2 Å². The predicted octanol–water partition coefficient (Wildman–Crippen LogP) is 0.834. The molecule has 4 rings (SSSR count). The monoisotopic (exact) mass is 368 g/mol. The summed E-state index contributed by atoms with van der Waals surface area (Å²) < 4.78 is 0. The van der Waals surface area contributed by atoms with Gasteiger partial charge in [-0.05, 0) is 30.0 Å². The highest BCUT2D eigenvalue weighted by molar-refractivity contribution is 6.25. The van der Waals surface area contributed by atoms with Crippen molar-refractivity contribution in [2.75, 3.05) is 24.5 Å². The minimum absolute atomic E-state index is 0.0872. The van der Waals surface area contributed by atoms with E-state index in [1.165, 1.54) is 0 Å². The number of carbonyl (C=O) groups excluding carboxylic acids is 4. The molecule has 1 N–H and O–H groups in total. The highest BCUT2D eigenvalue weighted by Crippen LogP contribution is 2.36. The number of piperidine rings is 1. The van der Waals surface area contributed by atoms with E-state index in [2.05, 4.69) is 15.3 Å². The number of amides is 4. The summed E-state index contributed by atoms with van der Waals surface area (Å²) in [6.45, 7) is 1.63. The normalized spacial score (nSPS) is 22.3. The number of fused-ring (bicyclic) bond motifs is 1. The second-order valence-electron chi connectivity index (χ2n) is 6.83. The van der Waals surface area contributed by atoms with Crippen molar-refractivity contribution >= 4 is 29.3 Å². The number of hydrogen-bond acceptors (Lipinski definition) is 6. The Labute approximate surface area is 153 Å². The van der Waals surface area contributed by atoms with E-state index in [4.69, 9.17) is 5.53 Å². The van der Waals surface area contributed by atoms with Gasteiger partial charge in [0.25, 0.3) is 11.8 Å². The lowest BCUT2D eigenvalue weighted by molar-refractivity contribution is -0.136. The van der Waals surface area contributed by atoms with Crippen LogP contribution in [0, 0.1) is 5.92 Å². The lowest BCUT2D eigenvalue weighted by Crippen LogP contribution is -2.54. The second kappa shape index (κ2) is 6.40. The third-order valence-corrected chi connectivity index (χ3v) is 5.15. The first kappa shape index (κ1) is 17.0. The first-order valence-corrected chi connectivity index (χ1v) is 8.61. The molecule has 1 atom stereocenters.